The van der Waals surface area contributed by atoms with Gasteiger partial charge in [0.2, 0.25) is 11.8 Å². The Labute approximate surface area is 158 Å². The highest BCUT2D eigenvalue weighted by molar-refractivity contribution is 6.15. The molecule has 142 valence electrons. The SMILES string of the molecule is COC(=O)c1ccccc1NC(=O)C(C)(C)C(=O)Nc1c(C)cccc1C. The van der Waals surface area contributed by atoms with Gasteiger partial charge in [-0.2, -0.15) is 0 Å². The molecule has 0 aliphatic carbocycles. The van der Waals surface area contributed by atoms with Crippen LogP contribution < -0.4 is 10.6 Å². The number of hydrogen-bond acceptors (Lipinski definition) is 4. The van der Waals surface area contributed by atoms with Gasteiger partial charge in [-0.1, -0.05) is 30.3 Å². The Kier molecular flexibility index (Phi) is 6.00. The molecule has 6 nitrogen and oxygen atoms in total. The van der Waals surface area contributed by atoms with Crippen LogP contribution in [0.3, 0.4) is 0 Å². The molecule has 0 spiro atoms. The molecule has 0 atom stereocenters. The van der Waals surface area contributed by atoms with Crippen LogP contribution in [0.2, 0.25) is 0 Å². The van der Waals surface area contributed by atoms with Crippen molar-refractivity contribution < 1.29 is 19.1 Å². The molecule has 0 saturated carbocycles. The molecule has 0 aliphatic heterocycles. The fourth-order valence-corrected chi connectivity index (χ4v) is 2.54. The van der Waals surface area contributed by atoms with Crippen molar-refractivity contribution in [3.63, 3.8) is 0 Å². The predicted octanol–water partition coefficient (Wildman–Crippen LogP) is 3.69. The minimum atomic E-state index is -1.36. The number of benzene rings is 2. The summed E-state index contributed by atoms with van der Waals surface area (Å²) in [4.78, 5) is 37.4. The zero-order chi connectivity index (χ0) is 20.2. The fraction of sp³-hybridized carbons (Fsp3) is 0.286. The highest BCUT2D eigenvalue weighted by atomic mass is 16.5. The predicted molar refractivity (Wildman–Crippen MR) is 105 cm³/mol. The number of anilines is 2. The second kappa shape index (κ2) is 8.03. The molecule has 0 heterocycles. The zero-order valence-corrected chi connectivity index (χ0v) is 16.2. The first-order valence-electron chi connectivity index (χ1n) is 8.55. The fourth-order valence-electron chi connectivity index (χ4n) is 2.54. The number of para-hydroxylation sites is 2. The van der Waals surface area contributed by atoms with Crippen molar-refractivity contribution in [2.75, 3.05) is 17.7 Å². The largest absolute Gasteiger partial charge is 0.465 e. The Morgan fingerprint density at radius 2 is 1.41 bits per heavy atom. The van der Waals surface area contributed by atoms with Gasteiger partial charge < -0.3 is 15.4 Å². The number of methoxy groups -OCH3 is 1. The highest BCUT2D eigenvalue weighted by Crippen LogP contribution is 2.26. The molecule has 0 fully saturated rings. The topological polar surface area (TPSA) is 84.5 Å². The van der Waals surface area contributed by atoms with E-state index in [-0.39, 0.29) is 5.56 Å². The summed E-state index contributed by atoms with van der Waals surface area (Å²) in [7, 11) is 1.27. The second-order valence-electron chi connectivity index (χ2n) is 6.84. The van der Waals surface area contributed by atoms with Crippen LogP contribution in [0.4, 0.5) is 11.4 Å². The first-order chi connectivity index (χ1) is 12.7. The minimum Gasteiger partial charge on any atom is -0.465 e. The average Bonchev–Trinajstić information content (AvgIpc) is 2.64. The standard InChI is InChI=1S/C21H24N2O4/c1-13-9-8-10-14(2)17(13)23-20(26)21(3,4)19(25)22-16-12-7-6-11-15(16)18(24)27-5/h6-12H,1-5H3,(H,22,25)(H,23,26). The number of aryl methyl sites for hydroxylation is 2. The normalized spacial score (nSPS) is 10.9. The molecule has 6 heteroatoms. The summed E-state index contributed by atoms with van der Waals surface area (Å²) >= 11 is 0. The Morgan fingerprint density at radius 3 is 2.00 bits per heavy atom. The van der Waals surface area contributed by atoms with Gasteiger partial charge in [0.1, 0.15) is 5.41 Å². The maximum Gasteiger partial charge on any atom is 0.339 e. The van der Waals surface area contributed by atoms with Crippen molar-refractivity contribution in [2.45, 2.75) is 27.7 Å². The number of esters is 1. The van der Waals surface area contributed by atoms with Crippen molar-refractivity contribution in [3.8, 4) is 0 Å². The smallest absolute Gasteiger partial charge is 0.339 e. The van der Waals surface area contributed by atoms with E-state index in [1.165, 1.54) is 21.0 Å². The Balaban J connectivity index is 2.23. The molecule has 2 aromatic carbocycles. The average molecular weight is 368 g/mol. The first-order valence-corrected chi connectivity index (χ1v) is 8.55. The van der Waals surface area contributed by atoms with Crippen molar-refractivity contribution in [3.05, 3.63) is 59.2 Å². The number of rotatable bonds is 5. The van der Waals surface area contributed by atoms with Crippen LogP contribution in [0.5, 0.6) is 0 Å². The quantitative estimate of drug-likeness (QED) is 0.623. The molecular weight excluding hydrogens is 344 g/mol. The number of amides is 2. The third-order valence-electron chi connectivity index (χ3n) is 4.44. The van der Waals surface area contributed by atoms with Gasteiger partial charge in [-0.15, -0.1) is 0 Å². The van der Waals surface area contributed by atoms with Crippen molar-refractivity contribution >= 4 is 29.2 Å². The highest BCUT2D eigenvalue weighted by Gasteiger charge is 2.37. The van der Waals surface area contributed by atoms with E-state index in [0.29, 0.717) is 11.4 Å². The molecule has 0 aromatic heterocycles. The number of hydrogen-bond donors (Lipinski definition) is 2. The molecule has 2 aromatic rings. The van der Waals surface area contributed by atoms with E-state index in [2.05, 4.69) is 10.6 Å². The van der Waals surface area contributed by atoms with E-state index in [1.54, 1.807) is 24.3 Å². The van der Waals surface area contributed by atoms with Crippen LogP contribution in [0, 0.1) is 19.3 Å². The van der Waals surface area contributed by atoms with Crippen LogP contribution in [0.1, 0.15) is 35.3 Å². The van der Waals surface area contributed by atoms with E-state index in [4.69, 9.17) is 4.74 Å². The number of carbonyl (C=O) groups excluding carboxylic acids is 3. The van der Waals surface area contributed by atoms with Crippen LogP contribution in [-0.4, -0.2) is 24.9 Å². The maximum atomic E-state index is 12.8. The zero-order valence-electron chi connectivity index (χ0n) is 16.2. The maximum absolute atomic E-state index is 12.8. The van der Waals surface area contributed by atoms with E-state index in [1.807, 2.05) is 32.0 Å². The molecule has 0 radical (unpaired) electrons. The van der Waals surface area contributed by atoms with Gasteiger partial charge in [-0.05, 0) is 51.0 Å². The third kappa shape index (κ3) is 4.34. The Morgan fingerprint density at radius 1 is 0.852 bits per heavy atom. The third-order valence-corrected chi connectivity index (χ3v) is 4.44. The molecule has 0 aliphatic rings. The first kappa shape index (κ1) is 20.2. The molecule has 27 heavy (non-hydrogen) atoms. The number of carbonyl (C=O) groups is 3. The molecule has 2 rings (SSSR count). The van der Waals surface area contributed by atoms with Gasteiger partial charge in [0, 0.05) is 5.69 Å². The van der Waals surface area contributed by atoms with Crippen molar-refractivity contribution in [2.24, 2.45) is 5.41 Å². The lowest BCUT2D eigenvalue weighted by molar-refractivity contribution is -0.135. The van der Waals surface area contributed by atoms with Gasteiger partial charge in [0.15, 0.2) is 0 Å². The Bertz CT molecular complexity index is 867. The second-order valence-corrected chi connectivity index (χ2v) is 6.84. The molecular formula is C21H24N2O4. The van der Waals surface area contributed by atoms with Crippen molar-refractivity contribution in [1.29, 1.82) is 0 Å². The summed E-state index contributed by atoms with van der Waals surface area (Å²) in [5, 5.41) is 5.50. The van der Waals surface area contributed by atoms with Crippen LogP contribution in [-0.2, 0) is 14.3 Å². The van der Waals surface area contributed by atoms with Gasteiger partial charge in [-0.25, -0.2) is 4.79 Å². The van der Waals surface area contributed by atoms with E-state index >= 15 is 0 Å². The van der Waals surface area contributed by atoms with Crippen LogP contribution in [0.15, 0.2) is 42.5 Å². The van der Waals surface area contributed by atoms with Crippen molar-refractivity contribution in [1.82, 2.24) is 0 Å². The van der Waals surface area contributed by atoms with Crippen LogP contribution >= 0.6 is 0 Å². The summed E-state index contributed by atoms with van der Waals surface area (Å²) in [6, 6.07) is 12.2. The van der Waals surface area contributed by atoms with E-state index in [0.717, 1.165) is 11.1 Å². The molecule has 2 N–H and O–H groups in total. The van der Waals surface area contributed by atoms with E-state index in [9.17, 15) is 14.4 Å². The summed E-state index contributed by atoms with van der Waals surface area (Å²) in [5.74, 6) is -1.53. The monoisotopic (exact) mass is 368 g/mol. The molecule has 0 saturated heterocycles. The van der Waals surface area contributed by atoms with E-state index < -0.39 is 23.2 Å². The molecule has 2 amide bonds. The summed E-state index contributed by atoms with van der Waals surface area (Å²) in [5.41, 5.74) is 1.67. The van der Waals surface area contributed by atoms with Gasteiger partial charge >= 0.3 is 5.97 Å². The number of ether oxygens (including phenoxy) is 1. The lowest BCUT2D eigenvalue weighted by Gasteiger charge is -2.24. The molecule has 0 bridgehead atoms. The summed E-state index contributed by atoms with van der Waals surface area (Å²) < 4.78 is 4.73. The van der Waals surface area contributed by atoms with Gasteiger partial charge in [-0.3, -0.25) is 9.59 Å². The number of nitrogens with one attached hydrogen (secondary N) is 2. The summed E-state index contributed by atoms with van der Waals surface area (Å²) in [6.45, 7) is 6.85. The Hall–Kier alpha value is -3.15. The minimum absolute atomic E-state index is 0.222. The summed E-state index contributed by atoms with van der Waals surface area (Å²) in [6.07, 6.45) is 0. The van der Waals surface area contributed by atoms with Crippen LogP contribution in [0.25, 0.3) is 0 Å². The lowest BCUT2D eigenvalue weighted by atomic mass is 9.90. The van der Waals surface area contributed by atoms with Gasteiger partial charge in [0.25, 0.3) is 0 Å². The lowest BCUT2D eigenvalue weighted by Crippen LogP contribution is -2.42. The molecule has 0 unspecified atom stereocenters. The van der Waals surface area contributed by atoms with Gasteiger partial charge in [0.05, 0.1) is 18.4 Å².